The maximum absolute atomic E-state index is 11.9. The quantitative estimate of drug-likeness (QED) is 0.769. The number of hydrogen-bond acceptors (Lipinski definition) is 5. The molecule has 0 bridgehead atoms. The molecule has 1 saturated carbocycles. The third-order valence-electron chi connectivity index (χ3n) is 3.14. The van der Waals surface area contributed by atoms with Crippen molar-refractivity contribution in [1.29, 1.82) is 0 Å². The summed E-state index contributed by atoms with van der Waals surface area (Å²) in [4.78, 5) is 17.0. The van der Waals surface area contributed by atoms with Crippen LogP contribution in [0.5, 0.6) is 0 Å². The Labute approximate surface area is 105 Å². The average molecular weight is 249 g/mol. The van der Waals surface area contributed by atoms with Crippen LogP contribution in [0.1, 0.15) is 48.2 Å². The summed E-state index contributed by atoms with van der Waals surface area (Å²) in [6.07, 6.45) is 4.29. The van der Waals surface area contributed by atoms with Crippen LogP contribution in [0.2, 0.25) is 0 Å². The molecule has 0 aromatic carbocycles. The molecule has 2 heterocycles. The summed E-state index contributed by atoms with van der Waals surface area (Å²) in [6.45, 7) is 2.12. The molecule has 1 aliphatic heterocycles. The van der Waals surface area contributed by atoms with Gasteiger partial charge in [0, 0.05) is 12.3 Å². The lowest BCUT2D eigenvalue weighted by molar-refractivity contribution is 0.00670. The number of oxime groups is 1. The van der Waals surface area contributed by atoms with Gasteiger partial charge in [-0.25, -0.2) is 4.79 Å². The van der Waals surface area contributed by atoms with Crippen molar-refractivity contribution in [3.8, 4) is 0 Å². The lowest BCUT2D eigenvalue weighted by atomic mass is 10.2. The van der Waals surface area contributed by atoms with Crippen molar-refractivity contribution in [2.45, 2.75) is 38.2 Å². The van der Waals surface area contributed by atoms with Gasteiger partial charge in [-0.3, -0.25) is 0 Å². The molecule has 0 radical (unpaired) electrons. The van der Waals surface area contributed by atoms with E-state index < -0.39 is 0 Å². The first kappa shape index (κ1) is 11.3. The van der Waals surface area contributed by atoms with Crippen molar-refractivity contribution in [2.24, 2.45) is 5.16 Å². The van der Waals surface area contributed by atoms with Gasteiger partial charge in [0.2, 0.25) is 0 Å². The molecule has 1 aromatic rings. The summed E-state index contributed by atoms with van der Waals surface area (Å²) < 4.78 is 10.6. The highest BCUT2D eigenvalue weighted by Gasteiger charge is 2.32. The Bertz CT molecular complexity index is 487. The highest BCUT2D eigenvalue weighted by Crippen LogP contribution is 2.42. The van der Waals surface area contributed by atoms with Gasteiger partial charge in [-0.05, 0) is 25.8 Å². The van der Waals surface area contributed by atoms with Crippen molar-refractivity contribution in [2.75, 3.05) is 6.61 Å². The van der Waals surface area contributed by atoms with Crippen LogP contribution < -0.4 is 0 Å². The third kappa shape index (κ3) is 2.25. The SMILES string of the molecule is CC1=NOC(COC(=O)c2ccoc2C2CC2)C1. The fourth-order valence-electron chi connectivity index (χ4n) is 2.06. The summed E-state index contributed by atoms with van der Waals surface area (Å²) in [5.74, 6) is 0.828. The average Bonchev–Trinajstić information content (AvgIpc) is 2.94. The van der Waals surface area contributed by atoms with Gasteiger partial charge in [0.15, 0.2) is 6.10 Å². The predicted molar refractivity (Wildman–Crippen MR) is 63.6 cm³/mol. The highest BCUT2D eigenvalue weighted by atomic mass is 16.7. The minimum Gasteiger partial charge on any atom is -0.468 e. The fourth-order valence-corrected chi connectivity index (χ4v) is 2.06. The smallest absolute Gasteiger partial charge is 0.341 e. The van der Waals surface area contributed by atoms with E-state index in [-0.39, 0.29) is 18.7 Å². The second kappa shape index (κ2) is 4.48. The molecule has 1 atom stereocenters. The Hall–Kier alpha value is -1.78. The lowest BCUT2D eigenvalue weighted by Crippen LogP contribution is -2.19. The molecule has 0 amide bonds. The molecule has 1 aliphatic carbocycles. The van der Waals surface area contributed by atoms with E-state index in [4.69, 9.17) is 14.0 Å². The molecule has 0 spiro atoms. The number of ether oxygens (including phenoxy) is 1. The third-order valence-corrected chi connectivity index (χ3v) is 3.14. The van der Waals surface area contributed by atoms with Gasteiger partial charge in [-0.2, -0.15) is 0 Å². The van der Waals surface area contributed by atoms with Gasteiger partial charge < -0.3 is 14.0 Å². The van der Waals surface area contributed by atoms with Gasteiger partial charge in [-0.15, -0.1) is 0 Å². The molecule has 2 aliphatic rings. The maximum atomic E-state index is 11.9. The van der Waals surface area contributed by atoms with Gasteiger partial charge in [0.1, 0.15) is 17.9 Å². The standard InChI is InChI=1S/C13H15NO4/c1-8-6-10(18-14-8)7-17-13(15)11-4-5-16-12(11)9-2-3-9/h4-5,9-10H,2-3,6-7H2,1H3. The molecule has 96 valence electrons. The minimum absolute atomic E-state index is 0.148. The monoisotopic (exact) mass is 249 g/mol. The zero-order valence-electron chi connectivity index (χ0n) is 10.2. The second-order valence-electron chi connectivity index (χ2n) is 4.83. The van der Waals surface area contributed by atoms with Crippen molar-refractivity contribution in [3.63, 3.8) is 0 Å². The van der Waals surface area contributed by atoms with Crippen LogP contribution in [-0.2, 0) is 9.57 Å². The largest absolute Gasteiger partial charge is 0.468 e. The Morgan fingerprint density at radius 1 is 1.56 bits per heavy atom. The number of esters is 1. The number of carbonyl (C=O) groups excluding carboxylic acids is 1. The van der Waals surface area contributed by atoms with Crippen molar-refractivity contribution >= 4 is 11.7 Å². The maximum Gasteiger partial charge on any atom is 0.341 e. The predicted octanol–water partition coefficient (Wildman–Crippen LogP) is 2.48. The van der Waals surface area contributed by atoms with Gasteiger partial charge in [0.25, 0.3) is 0 Å². The summed E-state index contributed by atoms with van der Waals surface area (Å²) >= 11 is 0. The summed E-state index contributed by atoms with van der Waals surface area (Å²) in [6, 6.07) is 1.67. The van der Waals surface area contributed by atoms with E-state index in [9.17, 15) is 4.79 Å². The van der Waals surface area contributed by atoms with Crippen LogP contribution in [0.3, 0.4) is 0 Å². The molecule has 0 N–H and O–H groups in total. The molecular weight excluding hydrogens is 234 g/mol. The summed E-state index contributed by atoms with van der Waals surface area (Å²) in [5, 5.41) is 3.82. The Morgan fingerprint density at radius 3 is 3.06 bits per heavy atom. The van der Waals surface area contributed by atoms with E-state index >= 15 is 0 Å². The Morgan fingerprint density at radius 2 is 2.39 bits per heavy atom. The number of furan rings is 1. The molecular formula is C13H15NO4. The number of rotatable bonds is 4. The second-order valence-corrected chi connectivity index (χ2v) is 4.83. The molecule has 18 heavy (non-hydrogen) atoms. The fraction of sp³-hybridized carbons (Fsp3) is 0.538. The summed E-state index contributed by atoms with van der Waals surface area (Å²) in [7, 11) is 0. The van der Waals surface area contributed by atoms with Gasteiger partial charge in [0.05, 0.1) is 12.0 Å². The van der Waals surface area contributed by atoms with E-state index in [1.165, 1.54) is 0 Å². The normalized spacial score (nSPS) is 22.5. The van der Waals surface area contributed by atoms with Gasteiger partial charge in [-0.1, -0.05) is 5.16 Å². The molecule has 0 saturated heterocycles. The molecule has 1 fully saturated rings. The van der Waals surface area contributed by atoms with E-state index in [0.29, 0.717) is 17.9 Å². The first-order valence-corrected chi connectivity index (χ1v) is 6.18. The lowest BCUT2D eigenvalue weighted by Gasteiger charge is -2.09. The van der Waals surface area contributed by atoms with Gasteiger partial charge >= 0.3 is 5.97 Å². The molecule has 1 unspecified atom stereocenters. The van der Waals surface area contributed by atoms with Crippen LogP contribution in [0.25, 0.3) is 0 Å². The molecule has 5 nitrogen and oxygen atoms in total. The number of carbonyl (C=O) groups is 1. The van der Waals surface area contributed by atoms with E-state index in [2.05, 4.69) is 5.16 Å². The van der Waals surface area contributed by atoms with Crippen LogP contribution in [0.15, 0.2) is 21.9 Å². The summed E-state index contributed by atoms with van der Waals surface area (Å²) in [5.41, 5.74) is 1.48. The van der Waals surface area contributed by atoms with Crippen LogP contribution in [0, 0.1) is 0 Å². The first-order chi connectivity index (χ1) is 8.74. The Balaban J connectivity index is 1.56. The molecule has 5 heteroatoms. The molecule has 1 aromatic heterocycles. The Kier molecular flexibility index (Phi) is 2.81. The van der Waals surface area contributed by atoms with E-state index in [1.54, 1.807) is 12.3 Å². The number of nitrogens with zero attached hydrogens (tertiary/aromatic N) is 1. The topological polar surface area (TPSA) is 61.0 Å². The van der Waals surface area contributed by atoms with Crippen LogP contribution in [0.4, 0.5) is 0 Å². The van der Waals surface area contributed by atoms with Crippen molar-refractivity contribution in [1.82, 2.24) is 0 Å². The van der Waals surface area contributed by atoms with Crippen molar-refractivity contribution < 1.29 is 18.8 Å². The highest BCUT2D eigenvalue weighted by molar-refractivity contribution is 5.90. The zero-order chi connectivity index (χ0) is 12.5. The van der Waals surface area contributed by atoms with Crippen LogP contribution in [-0.4, -0.2) is 24.4 Å². The van der Waals surface area contributed by atoms with Crippen molar-refractivity contribution in [3.05, 3.63) is 23.7 Å². The zero-order valence-corrected chi connectivity index (χ0v) is 10.2. The minimum atomic E-state index is -0.334. The molecule has 3 rings (SSSR count). The first-order valence-electron chi connectivity index (χ1n) is 6.18. The van der Waals surface area contributed by atoms with E-state index in [1.807, 2.05) is 6.92 Å². The number of hydrogen-bond donors (Lipinski definition) is 0. The van der Waals surface area contributed by atoms with Crippen LogP contribution >= 0.6 is 0 Å². The van der Waals surface area contributed by atoms with E-state index in [0.717, 1.165) is 24.3 Å².